The Labute approximate surface area is 103 Å². The molecule has 0 fully saturated rings. The lowest BCUT2D eigenvalue weighted by Crippen LogP contribution is -2.23. The Morgan fingerprint density at radius 3 is 2.53 bits per heavy atom. The lowest BCUT2D eigenvalue weighted by atomic mass is 10.1. The van der Waals surface area contributed by atoms with Crippen molar-refractivity contribution in [1.82, 2.24) is 0 Å². The lowest BCUT2D eigenvalue weighted by Gasteiger charge is -2.16. The highest BCUT2D eigenvalue weighted by Gasteiger charge is 2.18. The first kappa shape index (κ1) is 14.0. The summed E-state index contributed by atoms with van der Waals surface area (Å²) < 4.78 is 28.5. The minimum absolute atomic E-state index is 0.0480. The van der Waals surface area contributed by atoms with Crippen molar-refractivity contribution in [3.05, 3.63) is 29.8 Å². The maximum Gasteiger partial charge on any atom is 0.151 e. The predicted octanol–water partition coefficient (Wildman–Crippen LogP) is 1.52. The zero-order valence-electron chi connectivity index (χ0n) is 10.2. The number of rotatable bonds is 6. The normalized spacial score (nSPS) is 13.4. The minimum Gasteiger partial charge on any atom is -0.494 e. The van der Waals surface area contributed by atoms with E-state index in [4.69, 9.17) is 10.5 Å². The lowest BCUT2D eigenvalue weighted by molar-refractivity contribution is 0.335. The maximum absolute atomic E-state index is 11.5. The van der Waals surface area contributed by atoms with Gasteiger partial charge in [-0.3, -0.25) is 0 Å². The topological polar surface area (TPSA) is 69.4 Å². The highest BCUT2D eigenvalue weighted by molar-refractivity contribution is 7.91. The van der Waals surface area contributed by atoms with Crippen LogP contribution in [-0.2, 0) is 9.84 Å². The SMILES string of the molecule is CCOc1ccccc1C(N)CS(=O)(=O)CC. The number of hydrogen-bond acceptors (Lipinski definition) is 4. The third kappa shape index (κ3) is 4.02. The van der Waals surface area contributed by atoms with Crippen LogP contribution in [0.4, 0.5) is 0 Å². The van der Waals surface area contributed by atoms with Gasteiger partial charge >= 0.3 is 0 Å². The molecule has 0 spiro atoms. The summed E-state index contributed by atoms with van der Waals surface area (Å²) in [6.07, 6.45) is 0. The second-order valence-electron chi connectivity index (χ2n) is 3.78. The van der Waals surface area contributed by atoms with Gasteiger partial charge in [0.15, 0.2) is 9.84 Å². The van der Waals surface area contributed by atoms with E-state index in [-0.39, 0.29) is 11.5 Å². The Balaban J connectivity index is 2.92. The zero-order valence-corrected chi connectivity index (χ0v) is 11.0. The van der Waals surface area contributed by atoms with Crippen LogP contribution in [0.2, 0.25) is 0 Å². The van der Waals surface area contributed by atoms with Crippen LogP contribution in [-0.4, -0.2) is 26.5 Å². The monoisotopic (exact) mass is 257 g/mol. The summed E-state index contributed by atoms with van der Waals surface area (Å²) in [6.45, 7) is 4.03. The summed E-state index contributed by atoms with van der Waals surface area (Å²) in [5.74, 6) is 0.722. The van der Waals surface area contributed by atoms with E-state index in [1.54, 1.807) is 19.1 Å². The Kier molecular flexibility index (Phi) is 4.96. The zero-order chi connectivity index (χ0) is 12.9. The maximum atomic E-state index is 11.5. The third-order valence-corrected chi connectivity index (χ3v) is 4.24. The molecule has 0 saturated heterocycles. The number of nitrogens with two attached hydrogens (primary N) is 1. The molecule has 0 saturated carbocycles. The summed E-state index contributed by atoms with van der Waals surface area (Å²) in [5, 5.41) is 0. The summed E-state index contributed by atoms with van der Waals surface area (Å²) in [5.41, 5.74) is 6.67. The minimum atomic E-state index is -3.08. The highest BCUT2D eigenvalue weighted by Crippen LogP contribution is 2.24. The molecule has 17 heavy (non-hydrogen) atoms. The van der Waals surface area contributed by atoms with E-state index in [1.807, 2.05) is 19.1 Å². The van der Waals surface area contributed by atoms with E-state index in [1.165, 1.54) is 0 Å². The molecule has 2 N–H and O–H groups in total. The summed E-state index contributed by atoms with van der Waals surface area (Å²) in [7, 11) is -3.08. The number of para-hydroxylation sites is 1. The first-order chi connectivity index (χ1) is 8.00. The molecule has 96 valence electrons. The number of hydrogen-bond donors (Lipinski definition) is 1. The molecule has 0 radical (unpaired) electrons. The van der Waals surface area contributed by atoms with Crippen LogP contribution in [0, 0.1) is 0 Å². The molecule has 0 amide bonds. The van der Waals surface area contributed by atoms with Crippen LogP contribution in [0.15, 0.2) is 24.3 Å². The van der Waals surface area contributed by atoms with Gasteiger partial charge in [0.2, 0.25) is 0 Å². The Morgan fingerprint density at radius 2 is 1.94 bits per heavy atom. The molecule has 1 atom stereocenters. The quantitative estimate of drug-likeness (QED) is 0.839. The van der Waals surface area contributed by atoms with Gasteiger partial charge < -0.3 is 10.5 Å². The highest BCUT2D eigenvalue weighted by atomic mass is 32.2. The molecule has 1 unspecified atom stereocenters. The van der Waals surface area contributed by atoms with Gasteiger partial charge in [-0.05, 0) is 13.0 Å². The van der Waals surface area contributed by atoms with E-state index < -0.39 is 15.9 Å². The van der Waals surface area contributed by atoms with Crippen LogP contribution in [0.3, 0.4) is 0 Å². The van der Waals surface area contributed by atoms with Crippen molar-refractivity contribution in [3.8, 4) is 5.75 Å². The third-order valence-electron chi connectivity index (χ3n) is 2.49. The van der Waals surface area contributed by atoms with Crippen LogP contribution >= 0.6 is 0 Å². The van der Waals surface area contributed by atoms with Crippen molar-refractivity contribution >= 4 is 9.84 Å². The fourth-order valence-corrected chi connectivity index (χ4v) is 2.52. The van der Waals surface area contributed by atoms with Crippen LogP contribution in [0.25, 0.3) is 0 Å². The molecule has 5 heteroatoms. The average molecular weight is 257 g/mol. The van der Waals surface area contributed by atoms with Crippen molar-refractivity contribution in [1.29, 1.82) is 0 Å². The molecule has 1 aromatic carbocycles. The van der Waals surface area contributed by atoms with E-state index >= 15 is 0 Å². The molecule has 0 aliphatic carbocycles. The van der Waals surface area contributed by atoms with Crippen molar-refractivity contribution in [2.45, 2.75) is 19.9 Å². The second-order valence-corrected chi connectivity index (χ2v) is 6.17. The molecule has 0 heterocycles. The van der Waals surface area contributed by atoms with Crippen molar-refractivity contribution in [3.63, 3.8) is 0 Å². The van der Waals surface area contributed by atoms with Gasteiger partial charge in [-0.2, -0.15) is 0 Å². The Hall–Kier alpha value is -1.07. The molecule has 4 nitrogen and oxygen atoms in total. The van der Waals surface area contributed by atoms with Crippen LogP contribution in [0.5, 0.6) is 5.75 Å². The summed E-state index contributed by atoms with van der Waals surface area (Å²) in [6, 6.07) is 6.74. The van der Waals surface area contributed by atoms with E-state index in [0.29, 0.717) is 12.4 Å². The van der Waals surface area contributed by atoms with Gasteiger partial charge in [-0.1, -0.05) is 25.1 Å². The molecular formula is C12H19NO3S. The smallest absolute Gasteiger partial charge is 0.151 e. The Morgan fingerprint density at radius 1 is 1.29 bits per heavy atom. The Bertz CT molecular complexity index is 457. The standard InChI is InChI=1S/C12H19NO3S/c1-3-16-12-8-6-5-7-10(12)11(13)9-17(14,15)4-2/h5-8,11H,3-4,9,13H2,1-2H3. The molecule has 0 aromatic heterocycles. The van der Waals surface area contributed by atoms with Gasteiger partial charge in [0, 0.05) is 17.4 Å². The predicted molar refractivity (Wildman–Crippen MR) is 68.9 cm³/mol. The van der Waals surface area contributed by atoms with Gasteiger partial charge in [-0.15, -0.1) is 0 Å². The van der Waals surface area contributed by atoms with Crippen molar-refractivity contribution in [2.75, 3.05) is 18.1 Å². The summed E-state index contributed by atoms with van der Waals surface area (Å²) >= 11 is 0. The molecule has 0 aliphatic heterocycles. The average Bonchev–Trinajstić information content (AvgIpc) is 2.29. The fraction of sp³-hybridized carbons (Fsp3) is 0.500. The van der Waals surface area contributed by atoms with Gasteiger partial charge in [0.05, 0.1) is 12.4 Å². The number of sulfone groups is 1. The van der Waals surface area contributed by atoms with E-state index in [0.717, 1.165) is 5.56 Å². The second kappa shape index (κ2) is 6.02. The van der Waals surface area contributed by atoms with Gasteiger partial charge in [0.1, 0.15) is 5.75 Å². The van der Waals surface area contributed by atoms with E-state index in [2.05, 4.69) is 0 Å². The first-order valence-electron chi connectivity index (χ1n) is 5.68. The van der Waals surface area contributed by atoms with Crippen LogP contribution in [0.1, 0.15) is 25.5 Å². The number of benzene rings is 1. The van der Waals surface area contributed by atoms with Gasteiger partial charge in [0.25, 0.3) is 0 Å². The fourth-order valence-electron chi connectivity index (χ4n) is 1.56. The molecule has 0 aliphatic rings. The van der Waals surface area contributed by atoms with E-state index in [9.17, 15) is 8.42 Å². The molecular weight excluding hydrogens is 238 g/mol. The first-order valence-corrected chi connectivity index (χ1v) is 7.50. The van der Waals surface area contributed by atoms with Crippen LogP contribution < -0.4 is 10.5 Å². The summed E-state index contributed by atoms with van der Waals surface area (Å²) in [4.78, 5) is 0. The molecule has 0 bridgehead atoms. The number of ether oxygens (including phenoxy) is 1. The van der Waals surface area contributed by atoms with Gasteiger partial charge in [-0.25, -0.2) is 8.42 Å². The molecule has 1 rings (SSSR count). The largest absolute Gasteiger partial charge is 0.494 e. The molecule has 1 aromatic rings. The van der Waals surface area contributed by atoms with Crippen molar-refractivity contribution < 1.29 is 13.2 Å². The van der Waals surface area contributed by atoms with Crippen molar-refractivity contribution in [2.24, 2.45) is 5.73 Å².